The third-order valence-electron chi connectivity index (χ3n) is 5.06. The van der Waals surface area contributed by atoms with E-state index in [-0.39, 0.29) is 6.04 Å². The monoisotopic (exact) mass is 292 g/mol. The van der Waals surface area contributed by atoms with Crippen LogP contribution in [0.3, 0.4) is 0 Å². The standard InChI is InChI=1S/C16H28N4O/c1-12(2)19-5-3-13(8-19)9-20-11-18-7-15(20)16(17)14-4-6-21-10-14/h7,11-14,16H,3-6,8-10,17H2,1-2H3. The molecule has 3 unspecified atom stereocenters. The van der Waals surface area contributed by atoms with E-state index < -0.39 is 0 Å². The van der Waals surface area contributed by atoms with Crippen molar-refractivity contribution in [2.75, 3.05) is 26.3 Å². The second-order valence-corrected chi connectivity index (χ2v) is 6.86. The van der Waals surface area contributed by atoms with Gasteiger partial charge in [0.25, 0.3) is 0 Å². The Morgan fingerprint density at radius 3 is 2.95 bits per heavy atom. The van der Waals surface area contributed by atoms with Crippen LogP contribution in [0.4, 0.5) is 0 Å². The van der Waals surface area contributed by atoms with Crippen LogP contribution in [0.15, 0.2) is 12.5 Å². The highest BCUT2D eigenvalue weighted by Crippen LogP contribution is 2.28. The third kappa shape index (κ3) is 3.30. The summed E-state index contributed by atoms with van der Waals surface area (Å²) in [5, 5.41) is 0. The van der Waals surface area contributed by atoms with Gasteiger partial charge in [-0.15, -0.1) is 0 Å². The molecule has 0 saturated carbocycles. The Bertz CT molecular complexity index is 453. The maximum atomic E-state index is 6.44. The Hall–Kier alpha value is -0.910. The summed E-state index contributed by atoms with van der Waals surface area (Å²) < 4.78 is 7.75. The quantitative estimate of drug-likeness (QED) is 0.896. The minimum atomic E-state index is 0.0533. The minimum absolute atomic E-state index is 0.0533. The molecule has 2 aliphatic heterocycles. The smallest absolute Gasteiger partial charge is 0.0948 e. The van der Waals surface area contributed by atoms with Gasteiger partial charge in [0.1, 0.15) is 0 Å². The fourth-order valence-electron chi connectivity index (χ4n) is 3.60. The Morgan fingerprint density at radius 2 is 2.29 bits per heavy atom. The van der Waals surface area contributed by atoms with E-state index >= 15 is 0 Å². The first-order valence-electron chi connectivity index (χ1n) is 8.22. The highest BCUT2D eigenvalue weighted by atomic mass is 16.5. The number of imidazole rings is 1. The van der Waals surface area contributed by atoms with Gasteiger partial charge in [0.05, 0.1) is 24.7 Å². The van der Waals surface area contributed by atoms with E-state index in [1.807, 2.05) is 12.5 Å². The first-order valence-corrected chi connectivity index (χ1v) is 8.22. The van der Waals surface area contributed by atoms with Crippen molar-refractivity contribution in [1.82, 2.24) is 14.5 Å². The number of hydrogen-bond acceptors (Lipinski definition) is 4. The molecule has 2 saturated heterocycles. The molecule has 2 aliphatic rings. The summed E-state index contributed by atoms with van der Waals surface area (Å²) in [6.07, 6.45) is 6.23. The maximum Gasteiger partial charge on any atom is 0.0948 e. The van der Waals surface area contributed by atoms with Crippen LogP contribution in [0, 0.1) is 11.8 Å². The van der Waals surface area contributed by atoms with Crippen LogP contribution in [0.1, 0.15) is 38.4 Å². The summed E-state index contributed by atoms with van der Waals surface area (Å²) >= 11 is 0. The molecular formula is C16H28N4O. The number of nitrogens with two attached hydrogens (primary N) is 1. The summed E-state index contributed by atoms with van der Waals surface area (Å²) in [5.41, 5.74) is 7.62. The van der Waals surface area contributed by atoms with Crippen molar-refractivity contribution >= 4 is 0 Å². The van der Waals surface area contributed by atoms with E-state index in [1.165, 1.54) is 25.2 Å². The van der Waals surface area contributed by atoms with E-state index in [9.17, 15) is 0 Å². The van der Waals surface area contributed by atoms with Gasteiger partial charge >= 0.3 is 0 Å². The number of ether oxygens (including phenoxy) is 1. The number of hydrogen-bond donors (Lipinski definition) is 1. The van der Waals surface area contributed by atoms with E-state index in [1.54, 1.807) is 0 Å². The zero-order valence-electron chi connectivity index (χ0n) is 13.2. The largest absolute Gasteiger partial charge is 0.381 e. The topological polar surface area (TPSA) is 56.3 Å². The number of aromatic nitrogens is 2. The van der Waals surface area contributed by atoms with Gasteiger partial charge in [-0.05, 0) is 39.2 Å². The van der Waals surface area contributed by atoms with Crippen molar-refractivity contribution in [2.45, 2.75) is 45.3 Å². The molecular weight excluding hydrogens is 264 g/mol. The third-order valence-corrected chi connectivity index (χ3v) is 5.06. The normalized spacial score (nSPS) is 28.6. The second-order valence-electron chi connectivity index (χ2n) is 6.86. The molecule has 2 N–H and O–H groups in total. The zero-order valence-corrected chi connectivity index (χ0v) is 13.2. The van der Waals surface area contributed by atoms with Crippen LogP contribution in [0.5, 0.6) is 0 Å². The molecule has 0 spiro atoms. The van der Waals surface area contributed by atoms with Crippen molar-refractivity contribution in [3.05, 3.63) is 18.2 Å². The van der Waals surface area contributed by atoms with E-state index in [0.29, 0.717) is 17.9 Å². The molecule has 3 atom stereocenters. The van der Waals surface area contributed by atoms with Gasteiger partial charge in [0, 0.05) is 37.9 Å². The second kappa shape index (κ2) is 6.46. The Balaban J connectivity index is 1.63. The van der Waals surface area contributed by atoms with Crippen LogP contribution < -0.4 is 5.73 Å². The van der Waals surface area contributed by atoms with Gasteiger partial charge in [0.2, 0.25) is 0 Å². The number of rotatable bonds is 5. The van der Waals surface area contributed by atoms with Crippen molar-refractivity contribution in [1.29, 1.82) is 0 Å². The Labute approximate surface area is 127 Å². The fourth-order valence-corrected chi connectivity index (χ4v) is 3.60. The molecule has 3 rings (SSSR count). The summed E-state index contributed by atoms with van der Waals surface area (Å²) in [7, 11) is 0. The maximum absolute atomic E-state index is 6.44. The predicted molar refractivity (Wildman–Crippen MR) is 82.9 cm³/mol. The lowest BCUT2D eigenvalue weighted by atomic mass is 9.97. The van der Waals surface area contributed by atoms with E-state index in [4.69, 9.17) is 10.5 Å². The van der Waals surface area contributed by atoms with Crippen LogP contribution in [0.2, 0.25) is 0 Å². The van der Waals surface area contributed by atoms with Crippen molar-refractivity contribution < 1.29 is 4.74 Å². The molecule has 1 aromatic rings. The SMILES string of the molecule is CC(C)N1CCC(Cn2cncc2C(N)C2CCOC2)C1. The summed E-state index contributed by atoms with van der Waals surface area (Å²) in [5.74, 6) is 1.16. The van der Waals surface area contributed by atoms with Crippen LogP contribution in [-0.2, 0) is 11.3 Å². The molecule has 2 fully saturated rings. The molecule has 3 heterocycles. The van der Waals surface area contributed by atoms with Gasteiger partial charge in [-0.25, -0.2) is 4.98 Å². The van der Waals surface area contributed by atoms with Gasteiger partial charge < -0.3 is 19.9 Å². The highest BCUT2D eigenvalue weighted by Gasteiger charge is 2.28. The molecule has 0 radical (unpaired) electrons. The molecule has 0 aromatic carbocycles. The van der Waals surface area contributed by atoms with Crippen LogP contribution >= 0.6 is 0 Å². The highest BCUT2D eigenvalue weighted by molar-refractivity contribution is 5.07. The molecule has 1 aromatic heterocycles. The zero-order chi connectivity index (χ0) is 14.8. The molecule has 118 valence electrons. The number of likely N-dealkylation sites (tertiary alicyclic amines) is 1. The Morgan fingerprint density at radius 1 is 1.43 bits per heavy atom. The van der Waals surface area contributed by atoms with E-state index in [2.05, 4.69) is 28.3 Å². The van der Waals surface area contributed by atoms with Crippen molar-refractivity contribution in [3.63, 3.8) is 0 Å². The molecule has 0 aliphatic carbocycles. The summed E-state index contributed by atoms with van der Waals surface area (Å²) in [4.78, 5) is 6.90. The van der Waals surface area contributed by atoms with E-state index in [0.717, 1.165) is 26.2 Å². The first kappa shape index (κ1) is 15.0. The van der Waals surface area contributed by atoms with Crippen LogP contribution in [0.25, 0.3) is 0 Å². The molecule has 5 nitrogen and oxygen atoms in total. The van der Waals surface area contributed by atoms with Gasteiger partial charge in [-0.2, -0.15) is 0 Å². The van der Waals surface area contributed by atoms with Gasteiger partial charge in [-0.1, -0.05) is 0 Å². The average Bonchev–Trinajstić information content (AvgIpc) is 3.20. The summed E-state index contributed by atoms with van der Waals surface area (Å²) in [6, 6.07) is 0.702. The lowest BCUT2D eigenvalue weighted by molar-refractivity contribution is 0.180. The summed E-state index contributed by atoms with van der Waals surface area (Å²) in [6.45, 7) is 9.64. The molecule has 5 heteroatoms. The van der Waals surface area contributed by atoms with Gasteiger partial charge in [-0.3, -0.25) is 0 Å². The van der Waals surface area contributed by atoms with Crippen LogP contribution in [-0.4, -0.2) is 46.8 Å². The lowest BCUT2D eigenvalue weighted by Gasteiger charge is -2.22. The number of nitrogens with zero attached hydrogens (tertiary/aromatic N) is 3. The minimum Gasteiger partial charge on any atom is -0.381 e. The predicted octanol–water partition coefficient (Wildman–Crippen LogP) is 1.65. The molecule has 21 heavy (non-hydrogen) atoms. The van der Waals surface area contributed by atoms with Crippen molar-refractivity contribution in [2.24, 2.45) is 17.6 Å². The first-order chi connectivity index (χ1) is 10.1. The lowest BCUT2D eigenvalue weighted by Crippen LogP contribution is -2.29. The average molecular weight is 292 g/mol. The van der Waals surface area contributed by atoms with Gasteiger partial charge in [0.15, 0.2) is 0 Å². The molecule has 0 amide bonds. The van der Waals surface area contributed by atoms with Crippen molar-refractivity contribution in [3.8, 4) is 0 Å². The Kier molecular flexibility index (Phi) is 4.62. The molecule has 0 bridgehead atoms. The fraction of sp³-hybridized carbons (Fsp3) is 0.812.